The highest BCUT2D eigenvalue weighted by molar-refractivity contribution is 14.1. The van der Waals surface area contributed by atoms with E-state index in [0.717, 1.165) is 27.7 Å². The fourth-order valence-electron chi connectivity index (χ4n) is 3.42. The van der Waals surface area contributed by atoms with Gasteiger partial charge in [0.05, 0.1) is 24.2 Å². The van der Waals surface area contributed by atoms with E-state index in [0.29, 0.717) is 18.4 Å². The maximum Gasteiger partial charge on any atom is 0.249 e. The van der Waals surface area contributed by atoms with E-state index < -0.39 is 11.5 Å². The summed E-state index contributed by atoms with van der Waals surface area (Å²) in [5, 5.41) is 11.1. The van der Waals surface area contributed by atoms with Gasteiger partial charge in [0.2, 0.25) is 5.91 Å². The van der Waals surface area contributed by atoms with Crippen LogP contribution in [0, 0.1) is 3.70 Å². The van der Waals surface area contributed by atoms with Crippen molar-refractivity contribution in [2.24, 2.45) is 5.73 Å². The number of hydrogen-bond donors (Lipinski definition) is 2. The zero-order valence-electron chi connectivity index (χ0n) is 13.0. The summed E-state index contributed by atoms with van der Waals surface area (Å²) in [6, 6.07) is 5.25. The number of benzene rings is 1. The number of hydrogen-bond acceptors (Lipinski definition) is 3. The molecule has 0 radical (unpaired) electrons. The van der Waals surface area contributed by atoms with Crippen LogP contribution in [0.4, 0.5) is 0 Å². The third-order valence-electron chi connectivity index (χ3n) is 4.74. The Balaban J connectivity index is 2.26. The van der Waals surface area contributed by atoms with E-state index in [4.69, 9.17) is 5.73 Å². The normalized spacial score (nSPS) is 17.5. The maximum atomic E-state index is 12.0. The number of aliphatic hydroxyl groups is 1. The van der Waals surface area contributed by atoms with Crippen molar-refractivity contribution in [3.8, 4) is 0 Å². The van der Waals surface area contributed by atoms with E-state index in [1.54, 1.807) is 18.6 Å². The lowest BCUT2D eigenvalue weighted by Gasteiger charge is -2.45. The number of carbonyl (C=O) groups is 1. The molecule has 1 heterocycles. The summed E-state index contributed by atoms with van der Waals surface area (Å²) < 4.78 is 2.88. The van der Waals surface area contributed by atoms with Crippen molar-refractivity contribution < 1.29 is 9.90 Å². The quantitative estimate of drug-likeness (QED) is 0.723. The summed E-state index contributed by atoms with van der Waals surface area (Å²) in [4.78, 5) is 16.2. The lowest BCUT2D eigenvalue weighted by atomic mass is 9.70. The number of halogens is 1. The summed E-state index contributed by atoms with van der Waals surface area (Å²) in [6.07, 6.45) is 6.66. The minimum absolute atomic E-state index is 0.343. The Bertz CT molecular complexity index is 737. The molecule has 6 heteroatoms. The Morgan fingerprint density at radius 3 is 2.74 bits per heavy atom. The van der Waals surface area contributed by atoms with Crippen LogP contribution < -0.4 is 5.73 Å². The van der Waals surface area contributed by atoms with Crippen molar-refractivity contribution in [1.82, 2.24) is 9.55 Å². The molecule has 5 nitrogen and oxygen atoms in total. The van der Waals surface area contributed by atoms with E-state index in [1.165, 1.54) is 0 Å². The molecule has 23 heavy (non-hydrogen) atoms. The molecular weight excluding hydrogens is 405 g/mol. The number of amides is 1. The van der Waals surface area contributed by atoms with Gasteiger partial charge < -0.3 is 15.4 Å². The SMILES string of the molecule is CCc1cccc(C(N)=O)c1C(n1cncc1I)C1(O)CCC1. The number of carbonyl (C=O) groups excluding carboxylic acids is 1. The van der Waals surface area contributed by atoms with Gasteiger partial charge in [0.15, 0.2) is 0 Å². The largest absolute Gasteiger partial charge is 0.387 e. The molecule has 0 aliphatic heterocycles. The molecule has 1 aliphatic rings. The monoisotopic (exact) mass is 425 g/mol. The molecule has 0 saturated heterocycles. The standard InChI is InChI=1S/C17H20IN3O2/c1-2-11-5-3-6-12(16(19)22)14(11)15(17(23)7-4-8-17)21-10-20-9-13(21)18/h3,5-6,9-10,15,23H,2,4,7-8H2,1H3,(H2,19,22). The molecule has 2 aromatic rings. The number of rotatable bonds is 5. The number of aromatic nitrogens is 2. The van der Waals surface area contributed by atoms with Gasteiger partial charge in [-0.3, -0.25) is 4.79 Å². The number of nitrogens with zero attached hydrogens (tertiary/aromatic N) is 2. The van der Waals surface area contributed by atoms with Gasteiger partial charge >= 0.3 is 0 Å². The zero-order chi connectivity index (χ0) is 16.6. The van der Waals surface area contributed by atoms with Crippen LogP contribution in [0.3, 0.4) is 0 Å². The van der Waals surface area contributed by atoms with E-state index in [9.17, 15) is 9.90 Å². The molecule has 1 aromatic carbocycles. The van der Waals surface area contributed by atoms with Gasteiger partial charge in [0, 0.05) is 5.56 Å². The topological polar surface area (TPSA) is 81.1 Å². The minimum Gasteiger partial charge on any atom is -0.387 e. The molecule has 1 saturated carbocycles. The van der Waals surface area contributed by atoms with Crippen LogP contribution in [-0.4, -0.2) is 26.2 Å². The third kappa shape index (κ3) is 2.78. The predicted molar refractivity (Wildman–Crippen MR) is 96.2 cm³/mol. The molecule has 1 fully saturated rings. The highest BCUT2D eigenvalue weighted by Gasteiger charge is 2.46. The first-order chi connectivity index (χ1) is 11.0. The molecule has 1 aliphatic carbocycles. The molecular formula is C17H20IN3O2. The highest BCUT2D eigenvalue weighted by atomic mass is 127. The zero-order valence-corrected chi connectivity index (χ0v) is 15.2. The van der Waals surface area contributed by atoms with Crippen molar-refractivity contribution >= 4 is 28.5 Å². The van der Waals surface area contributed by atoms with Crippen LogP contribution in [0.15, 0.2) is 30.7 Å². The average molecular weight is 425 g/mol. The van der Waals surface area contributed by atoms with Gasteiger partial charge in [0.1, 0.15) is 3.70 Å². The minimum atomic E-state index is -0.865. The summed E-state index contributed by atoms with van der Waals surface area (Å²) in [7, 11) is 0. The molecule has 0 bridgehead atoms. The van der Waals surface area contributed by atoms with E-state index >= 15 is 0 Å². The Morgan fingerprint density at radius 1 is 1.52 bits per heavy atom. The molecule has 1 unspecified atom stereocenters. The number of primary amides is 1. The maximum absolute atomic E-state index is 12.0. The summed E-state index contributed by atoms with van der Waals surface area (Å²) in [6.45, 7) is 2.05. The van der Waals surface area contributed by atoms with E-state index in [2.05, 4.69) is 27.6 Å². The van der Waals surface area contributed by atoms with Crippen LogP contribution >= 0.6 is 22.6 Å². The molecule has 3 rings (SSSR count). The third-order valence-corrected chi connectivity index (χ3v) is 5.58. The second-order valence-electron chi connectivity index (χ2n) is 6.08. The van der Waals surface area contributed by atoms with Crippen molar-refractivity contribution in [3.63, 3.8) is 0 Å². The Kier molecular flexibility index (Phi) is 4.46. The Hall–Kier alpha value is -1.41. The molecule has 1 atom stereocenters. The smallest absolute Gasteiger partial charge is 0.249 e. The van der Waals surface area contributed by atoms with Gasteiger partial charge in [-0.15, -0.1) is 0 Å². The molecule has 3 N–H and O–H groups in total. The van der Waals surface area contributed by atoms with Crippen LogP contribution in [0.25, 0.3) is 0 Å². The second-order valence-corrected chi connectivity index (χ2v) is 7.18. The van der Waals surface area contributed by atoms with Crippen LogP contribution in [0.5, 0.6) is 0 Å². The lowest BCUT2D eigenvalue weighted by Crippen LogP contribution is -2.47. The van der Waals surface area contributed by atoms with Crippen molar-refractivity contribution in [3.05, 3.63) is 51.1 Å². The summed E-state index contributed by atoms with van der Waals surface area (Å²) >= 11 is 2.20. The van der Waals surface area contributed by atoms with Crippen LogP contribution in [0.2, 0.25) is 0 Å². The van der Waals surface area contributed by atoms with Crippen LogP contribution in [0.1, 0.15) is 53.7 Å². The number of imidazole rings is 1. The first kappa shape index (κ1) is 16.4. The number of aryl methyl sites for hydroxylation is 1. The Morgan fingerprint density at radius 2 is 2.26 bits per heavy atom. The van der Waals surface area contributed by atoms with Crippen molar-refractivity contribution in [2.75, 3.05) is 0 Å². The highest BCUT2D eigenvalue weighted by Crippen LogP contribution is 2.46. The van der Waals surface area contributed by atoms with Crippen molar-refractivity contribution in [1.29, 1.82) is 0 Å². The van der Waals surface area contributed by atoms with E-state index in [-0.39, 0.29) is 6.04 Å². The van der Waals surface area contributed by atoms with Crippen molar-refractivity contribution in [2.45, 2.75) is 44.2 Å². The van der Waals surface area contributed by atoms with Gasteiger partial charge in [-0.2, -0.15) is 0 Å². The van der Waals surface area contributed by atoms with Crippen LogP contribution in [-0.2, 0) is 6.42 Å². The van der Waals surface area contributed by atoms with Gasteiger partial charge in [-0.25, -0.2) is 4.98 Å². The van der Waals surface area contributed by atoms with Gasteiger partial charge in [-0.1, -0.05) is 19.1 Å². The predicted octanol–water partition coefficient (Wildman–Crippen LogP) is 2.65. The fourth-order valence-corrected chi connectivity index (χ4v) is 3.98. The second kappa shape index (κ2) is 6.24. The first-order valence-corrected chi connectivity index (χ1v) is 8.87. The first-order valence-electron chi connectivity index (χ1n) is 7.79. The Labute approximate surface area is 149 Å². The van der Waals surface area contributed by atoms with E-state index in [1.807, 2.05) is 23.6 Å². The molecule has 1 amide bonds. The fraction of sp³-hybridized carbons (Fsp3) is 0.412. The average Bonchev–Trinajstić information content (AvgIpc) is 2.91. The van der Waals surface area contributed by atoms with Gasteiger partial charge in [-0.05, 0) is 65.5 Å². The lowest BCUT2D eigenvalue weighted by molar-refractivity contribution is -0.0660. The van der Waals surface area contributed by atoms with Gasteiger partial charge in [0.25, 0.3) is 0 Å². The molecule has 0 spiro atoms. The molecule has 122 valence electrons. The summed E-state index contributed by atoms with van der Waals surface area (Å²) in [5.74, 6) is -0.460. The summed E-state index contributed by atoms with van der Waals surface area (Å²) in [5.41, 5.74) is 7.12. The number of nitrogens with two attached hydrogens (primary N) is 1. The molecule has 1 aromatic heterocycles.